The maximum Gasteiger partial charge on any atom is 0.167 e. The van der Waals surface area contributed by atoms with Crippen LogP contribution < -0.4 is 4.74 Å². The van der Waals surface area contributed by atoms with E-state index in [0.29, 0.717) is 17.5 Å². The molecule has 0 radical (unpaired) electrons. The Labute approximate surface area is 210 Å². The number of hydrogen-bond donors (Lipinski definition) is 0. The van der Waals surface area contributed by atoms with Gasteiger partial charge in [0, 0.05) is 36.7 Å². The highest BCUT2D eigenvalue weighted by molar-refractivity contribution is 7.26. The quantitative estimate of drug-likeness (QED) is 0.255. The maximum absolute atomic E-state index is 6.63. The number of benzene rings is 5. The smallest absolute Gasteiger partial charge is 0.167 e. The zero-order valence-electron chi connectivity index (χ0n) is 19.0. The molecule has 3 heterocycles. The second-order valence-electron chi connectivity index (χ2n) is 8.85. The van der Waals surface area contributed by atoms with E-state index in [4.69, 9.17) is 19.7 Å². The molecule has 36 heavy (non-hydrogen) atoms. The molecule has 0 amide bonds. The Morgan fingerprint density at radius 3 is 1.86 bits per heavy atom. The molecule has 5 heteroatoms. The highest BCUT2D eigenvalue weighted by Crippen LogP contribution is 2.52. The summed E-state index contributed by atoms with van der Waals surface area (Å²) < 4.78 is 9.09. The highest BCUT2D eigenvalue weighted by atomic mass is 32.1. The van der Waals surface area contributed by atoms with E-state index in [0.717, 1.165) is 33.6 Å². The molecule has 0 fully saturated rings. The second-order valence-corrected chi connectivity index (χ2v) is 9.93. The summed E-state index contributed by atoms with van der Waals surface area (Å²) in [5.74, 6) is 3.57. The minimum atomic E-state index is 0.602. The Morgan fingerprint density at radius 2 is 1.14 bits per heavy atom. The summed E-state index contributed by atoms with van der Waals surface area (Å²) in [6, 6.07) is 35.0. The van der Waals surface area contributed by atoms with Gasteiger partial charge in [-0.15, -0.1) is 11.3 Å². The summed E-state index contributed by atoms with van der Waals surface area (Å²) in [5.41, 5.74) is 2.76. The molecule has 0 bridgehead atoms. The van der Waals surface area contributed by atoms with E-state index >= 15 is 0 Å². The predicted molar refractivity (Wildman–Crippen MR) is 147 cm³/mol. The average molecular weight is 480 g/mol. The van der Waals surface area contributed by atoms with E-state index in [1.807, 2.05) is 72.8 Å². The van der Waals surface area contributed by atoms with Gasteiger partial charge in [-0.2, -0.15) is 0 Å². The lowest BCUT2D eigenvalue weighted by Crippen LogP contribution is -2.02. The Kier molecular flexibility index (Phi) is 4.07. The zero-order chi connectivity index (χ0) is 23.6. The van der Waals surface area contributed by atoms with Crippen LogP contribution in [0.3, 0.4) is 0 Å². The number of aromatic nitrogens is 3. The summed E-state index contributed by atoms with van der Waals surface area (Å²) in [5, 5.41) is 4.76. The molecule has 0 atom stereocenters. The molecule has 0 unspecified atom stereocenters. The molecule has 2 aromatic heterocycles. The normalized spacial score (nSPS) is 12.1. The molecule has 1 aliphatic heterocycles. The lowest BCUT2D eigenvalue weighted by molar-refractivity contribution is 0.494. The van der Waals surface area contributed by atoms with Crippen LogP contribution in [0.4, 0.5) is 0 Å². The van der Waals surface area contributed by atoms with Gasteiger partial charge >= 0.3 is 0 Å². The molecular formula is C31H17N3OS. The van der Waals surface area contributed by atoms with Gasteiger partial charge in [0.2, 0.25) is 0 Å². The molecule has 0 N–H and O–H groups in total. The Hall–Kier alpha value is -4.61. The third kappa shape index (κ3) is 2.84. The number of thiophene rings is 1. The van der Waals surface area contributed by atoms with E-state index in [1.165, 1.54) is 25.6 Å². The fraction of sp³-hybridized carbons (Fsp3) is 0. The van der Waals surface area contributed by atoms with Gasteiger partial charge in [0.1, 0.15) is 11.5 Å². The van der Waals surface area contributed by atoms with Gasteiger partial charge in [-0.25, -0.2) is 15.0 Å². The number of rotatable bonds is 3. The molecule has 0 saturated carbocycles. The van der Waals surface area contributed by atoms with E-state index in [-0.39, 0.29) is 0 Å². The van der Waals surface area contributed by atoms with Gasteiger partial charge in [0.25, 0.3) is 0 Å². The van der Waals surface area contributed by atoms with Gasteiger partial charge in [0.05, 0.1) is 5.56 Å². The Balaban J connectivity index is 1.44. The van der Waals surface area contributed by atoms with Crippen molar-refractivity contribution in [2.45, 2.75) is 0 Å². The van der Waals surface area contributed by atoms with Gasteiger partial charge in [-0.3, -0.25) is 0 Å². The lowest BCUT2D eigenvalue weighted by Gasteiger charge is -2.19. The molecule has 0 aliphatic carbocycles. The van der Waals surface area contributed by atoms with Crippen molar-refractivity contribution in [2.75, 3.05) is 0 Å². The van der Waals surface area contributed by atoms with Crippen LogP contribution in [0.2, 0.25) is 0 Å². The van der Waals surface area contributed by atoms with Crippen LogP contribution in [0.5, 0.6) is 11.5 Å². The largest absolute Gasteiger partial charge is 0.455 e. The van der Waals surface area contributed by atoms with Crippen molar-refractivity contribution in [1.29, 1.82) is 0 Å². The second kappa shape index (κ2) is 7.44. The van der Waals surface area contributed by atoms with Crippen LogP contribution in [0.1, 0.15) is 0 Å². The number of nitrogens with zero attached hydrogens (tertiary/aromatic N) is 3. The monoisotopic (exact) mass is 479 g/mol. The molecule has 4 nitrogen and oxygen atoms in total. The fourth-order valence-electron chi connectivity index (χ4n) is 5.07. The molecule has 7 aromatic rings. The van der Waals surface area contributed by atoms with E-state index in [2.05, 4.69) is 30.3 Å². The summed E-state index contributed by atoms with van der Waals surface area (Å²) >= 11 is 1.79. The van der Waals surface area contributed by atoms with Gasteiger partial charge in [0.15, 0.2) is 17.5 Å². The van der Waals surface area contributed by atoms with Crippen molar-refractivity contribution in [3.05, 3.63) is 103 Å². The van der Waals surface area contributed by atoms with Gasteiger partial charge in [-0.05, 0) is 29.7 Å². The molecular weight excluding hydrogens is 462 g/mol. The Bertz CT molecular complexity index is 1910. The minimum Gasteiger partial charge on any atom is -0.455 e. The predicted octanol–water partition coefficient (Wildman–Crippen LogP) is 8.50. The van der Waals surface area contributed by atoms with Crippen molar-refractivity contribution in [3.63, 3.8) is 0 Å². The third-order valence-electron chi connectivity index (χ3n) is 6.71. The molecule has 5 aromatic carbocycles. The molecule has 0 saturated heterocycles. The van der Waals surface area contributed by atoms with E-state index in [9.17, 15) is 0 Å². The standard InChI is InChI=1S/C31H17N3OS/c1-3-8-19(9-4-1)29-32-30(20-10-5-2-6-11-20)34-31(33-29)21-15-17-24-27-26-23(36-24)16-14-18-12-7-13-22(25(18)26)35-28(21)27/h1-17H. The highest BCUT2D eigenvalue weighted by Gasteiger charge is 2.25. The zero-order valence-corrected chi connectivity index (χ0v) is 19.8. The number of ether oxygens (including phenoxy) is 1. The maximum atomic E-state index is 6.63. The summed E-state index contributed by atoms with van der Waals surface area (Å²) in [7, 11) is 0. The first-order valence-corrected chi connectivity index (χ1v) is 12.6. The van der Waals surface area contributed by atoms with Crippen LogP contribution in [-0.4, -0.2) is 15.0 Å². The van der Waals surface area contributed by atoms with Crippen molar-refractivity contribution in [3.8, 4) is 45.7 Å². The van der Waals surface area contributed by atoms with Crippen molar-refractivity contribution < 1.29 is 4.74 Å². The Morgan fingerprint density at radius 1 is 0.500 bits per heavy atom. The van der Waals surface area contributed by atoms with Crippen LogP contribution in [0.15, 0.2) is 103 Å². The van der Waals surface area contributed by atoms with Crippen LogP contribution >= 0.6 is 11.3 Å². The van der Waals surface area contributed by atoms with Crippen molar-refractivity contribution >= 4 is 42.3 Å². The van der Waals surface area contributed by atoms with Crippen molar-refractivity contribution in [1.82, 2.24) is 15.0 Å². The topological polar surface area (TPSA) is 47.9 Å². The average Bonchev–Trinajstić information content (AvgIpc) is 3.34. The van der Waals surface area contributed by atoms with Crippen LogP contribution in [0.25, 0.3) is 65.1 Å². The summed E-state index contributed by atoms with van der Waals surface area (Å²) in [6.07, 6.45) is 0. The third-order valence-corrected chi connectivity index (χ3v) is 7.83. The molecule has 168 valence electrons. The summed E-state index contributed by atoms with van der Waals surface area (Å²) in [4.78, 5) is 14.7. The van der Waals surface area contributed by atoms with Gasteiger partial charge < -0.3 is 4.74 Å². The fourth-order valence-corrected chi connectivity index (χ4v) is 6.18. The van der Waals surface area contributed by atoms with Crippen LogP contribution in [-0.2, 0) is 0 Å². The molecule has 8 rings (SSSR count). The summed E-state index contributed by atoms with van der Waals surface area (Å²) in [6.45, 7) is 0. The first-order valence-electron chi connectivity index (χ1n) is 11.8. The lowest BCUT2D eigenvalue weighted by atomic mass is 9.98. The van der Waals surface area contributed by atoms with Crippen LogP contribution in [0, 0.1) is 0 Å². The molecule has 1 aliphatic rings. The van der Waals surface area contributed by atoms with E-state index < -0.39 is 0 Å². The van der Waals surface area contributed by atoms with E-state index in [1.54, 1.807) is 11.3 Å². The number of hydrogen-bond acceptors (Lipinski definition) is 5. The first-order chi connectivity index (χ1) is 17.8. The first kappa shape index (κ1) is 19.7. The molecule has 0 spiro atoms. The minimum absolute atomic E-state index is 0.602. The van der Waals surface area contributed by atoms with Crippen molar-refractivity contribution in [2.24, 2.45) is 0 Å². The SMILES string of the molecule is c1ccc(-c2nc(-c3ccccc3)nc(-c3ccc4sc5ccc6cccc7c6c5c4c3O7)n2)cc1. The van der Waals surface area contributed by atoms with Gasteiger partial charge in [-0.1, -0.05) is 78.9 Å².